The fourth-order valence-corrected chi connectivity index (χ4v) is 2.33. The molecule has 2 N–H and O–H groups in total. The van der Waals surface area contributed by atoms with E-state index in [1.165, 1.54) is 6.07 Å². The van der Waals surface area contributed by atoms with Crippen LogP contribution in [0.2, 0.25) is 0 Å². The number of hydrazone groups is 1. The summed E-state index contributed by atoms with van der Waals surface area (Å²) in [5.74, 6) is 0.822. The van der Waals surface area contributed by atoms with Gasteiger partial charge in [0.25, 0.3) is 0 Å². The molecule has 0 fully saturated rings. The van der Waals surface area contributed by atoms with Crippen molar-refractivity contribution in [2.24, 2.45) is 5.10 Å². The fourth-order valence-electron chi connectivity index (χ4n) is 2.13. The molecule has 0 aromatic heterocycles. The first-order valence-electron chi connectivity index (χ1n) is 8.34. The summed E-state index contributed by atoms with van der Waals surface area (Å²) in [5.41, 5.74) is 4.03. The average Bonchev–Trinajstić information content (AvgIpc) is 2.63. The van der Waals surface area contributed by atoms with Crippen LogP contribution in [0.1, 0.15) is 25.0 Å². The van der Waals surface area contributed by atoms with Crippen LogP contribution in [0.15, 0.2) is 47.6 Å². The number of nitrogens with one attached hydrogen (secondary N) is 2. The first-order valence-corrected chi connectivity index (χ1v) is 8.74. The minimum absolute atomic E-state index is 0.124. The average molecular weight is 375 g/mol. The van der Waals surface area contributed by atoms with Gasteiger partial charge < -0.3 is 14.8 Å². The van der Waals surface area contributed by atoms with Crippen LogP contribution in [-0.4, -0.2) is 24.5 Å². The topological polar surface area (TPSA) is 54.9 Å². The number of benzene rings is 2. The highest BCUT2D eigenvalue weighted by Gasteiger charge is 2.08. The molecule has 26 heavy (non-hydrogen) atoms. The molecule has 2 aromatic carbocycles. The standard InChI is InChI=1S/C19H22FN3O2S/c1-3-21-19(26)23-22-12-14-9-10-17(18(11-14)24-4-2)25-13-15-7-5-6-8-16(15)20/h5-12H,3-4,13H2,1-2H3,(H2,21,23,26)/b22-12+. The fraction of sp³-hybridized carbons (Fsp3) is 0.263. The first-order chi connectivity index (χ1) is 12.6. The highest BCUT2D eigenvalue weighted by molar-refractivity contribution is 7.80. The number of rotatable bonds is 8. The first kappa shape index (κ1) is 19.7. The molecule has 0 aliphatic heterocycles. The zero-order chi connectivity index (χ0) is 18.8. The number of nitrogens with zero attached hydrogens (tertiary/aromatic N) is 1. The second-order valence-corrected chi connectivity index (χ2v) is 5.66. The Balaban J connectivity index is 2.06. The van der Waals surface area contributed by atoms with Crippen molar-refractivity contribution < 1.29 is 13.9 Å². The molecular formula is C19H22FN3O2S. The van der Waals surface area contributed by atoms with Crippen LogP contribution in [0.5, 0.6) is 11.5 Å². The highest BCUT2D eigenvalue weighted by Crippen LogP contribution is 2.29. The van der Waals surface area contributed by atoms with Crippen molar-refractivity contribution in [2.45, 2.75) is 20.5 Å². The zero-order valence-electron chi connectivity index (χ0n) is 14.8. The molecule has 7 heteroatoms. The Labute approximate surface area is 158 Å². The molecular weight excluding hydrogens is 353 g/mol. The molecule has 2 aromatic rings. The van der Waals surface area contributed by atoms with E-state index in [1.54, 1.807) is 30.5 Å². The maximum Gasteiger partial charge on any atom is 0.186 e. The quantitative estimate of drug-likeness (QED) is 0.419. The minimum Gasteiger partial charge on any atom is -0.490 e. The van der Waals surface area contributed by atoms with Crippen molar-refractivity contribution in [2.75, 3.05) is 13.2 Å². The molecule has 0 bridgehead atoms. The van der Waals surface area contributed by atoms with Gasteiger partial charge in [-0.2, -0.15) is 5.10 Å². The summed E-state index contributed by atoms with van der Waals surface area (Å²) in [6, 6.07) is 11.9. The number of ether oxygens (including phenoxy) is 2. The third kappa shape index (κ3) is 6.00. The van der Waals surface area contributed by atoms with E-state index in [0.29, 0.717) is 28.8 Å². The summed E-state index contributed by atoms with van der Waals surface area (Å²) >= 11 is 5.04. The van der Waals surface area contributed by atoms with Gasteiger partial charge in [0.15, 0.2) is 16.6 Å². The van der Waals surface area contributed by atoms with E-state index < -0.39 is 0 Å². The molecule has 5 nitrogen and oxygen atoms in total. The summed E-state index contributed by atoms with van der Waals surface area (Å²) < 4.78 is 25.1. The van der Waals surface area contributed by atoms with Crippen LogP contribution < -0.4 is 20.2 Å². The van der Waals surface area contributed by atoms with Crippen molar-refractivity contribution >= 4 is 23.5 Å². The monoisotopic (exact) mass is 375 g/mol. The lowest BCUT2D eigenvalue weighted by molar-refractivity contribution is 0.266. The summed E-state index contributed by atoms with van der Waals surface area (Å²) in [4.78, 5) is 0. The van der Waals surface area contributed by atoms with Crippen LogP contribution in [0.4, 0.5) is 4.39 Å². The SMILES string of the molecule is CCNC(=S)N/N=C/c1ccc(OCc2ccccc2F)c(OCC)c1. The lowest BCUT2D eigenvalue weighted by Gasteiger charge is -2.13. The largest absolute Gasteiger partial charge is 0.490 e. The number of hydrogen-bond donors (Lipinski definition) is 2. The lowest BCUT2D eigenvalue weighted by Crippen LogP contribution is -2.31. The summed E-state index contributed by atoms with van der Waals surface area (Å²) in [7, 11) is 0. The van der Waals surface area contributed by atoms with Crippen molar-refractivity contribution in [1.82, 2.24) is 10.7 Å². The van der Waals surface area contributed by atoms with Crippen molar-refractivity contribution in [3.63, 3.8) is 0 Å². The van der Waals surface area contributed by atoms with Crippen molar-refractivity contribution in [1.29, 1.82) is 0 Å². The molecule has 0 aliphatic carbocycles. The van der Waals surface area contributed by atoms with E-state index in [0.717, 1.165) is 12.1 Å². The van der Waals surface area contributed by atoms with Gasteiger partial charge in [-0.15, -0.1) is 0 Å². The molecule has 0 radical (unpaired) electrons. The molecule has 0 spiro atoms. The van der Waals surface area contributed by atoms with Gasteiger partial charge in [0.1, 0.15) is 12.4 Å². The number of hydrogen-bond acceptors (Lipinski definition) is 4. The minimum atomic E-state index is -0.294. The third-order valence-corrected chi connectivity index (χ3v) is 3.56. The van der Waals surface area contributed by atoms with Gasteiger partial charge in [0.2, 0.25) is 0 Å². The van der Waals surface area contributed by atoms with Crippen LogP contribution in [0, 0.1) is 5.82 Å². The molecule has 0 heterocycles. The predicted molar refractivity (Wildman–Crippen MR) is 105 cm³/mol. The van der Waals surface area contributed by atoms with Crippen LogP contribution in [0.25, 0.3) is 0 Å². The van der Waals surface area contributed by atoms with E-state index >= 15 is 0 Å². The number of thiocarbonyl (C=S) groups is 1. The predicted octanol–water partition coefficient (Wildman–Crippen LogP) is 3.62. The molecule has 0 amide bonds. The second kappa shape index (κ2) is 10.4. The van der Waals surface area contributed by atoms with E-state index in [2.05, 4.69) is 15.8 Å². The summed E-state index contributed by atoms with van der Waals surface area (Å²) in [6.07, 6.45) is 1.63. The lowest BCUT2D eigenvalue weighted by atomic mass is 10.2. The van der Waals surface area contributed by atoms with Gasteiger partial charge in [-0.05, 0) is 55.9 Å². The Kier molecular flexibility index (Phi) is 7.82. The maximum atomic E-state index is 13.7. The van der Waals surface area contributed by atoms with E-state index in [9.17, 15) is 4.39 Å². The third-order valence-electron chi connectivity index (χ3n) is 3.33. The van der Waals surface area contributed by atoms with Gasteiger partial charge in [0, 0.05) is 12.1 Å². The smallest absolute Gasteiger partial charge is 0.186 e. The maximum absolute atomic E-state index is 13.7. The Morgan fingerprint density at radius 1 is 1.15 bits per heavy atom. The van der Waals surface area contributed by atoms with Gasteiger partial charge in [-0.25, -0.2) is 4.39 Å². The normalized spacial score (nSPS) is 10.6. The molecule has 0 aliphatic rings. The highest BCUT2D eigenvalue weighted by atomic mass is 32.1. The van der Waals surface area contributed by atoms with E-state index in [1.807, 2.05) is 26.0 Å². The van der Waals surface area contributed by atoms with Crippen LogP contribution in [-0.2, 0) is 6.61 Å². The Morgan fingerprint density at radius 3 is 2.69 bits per heavy atom. The molecule has 2 rings (SSSR count). The van der Waals surface area contributed by atoms with E-state index in [4.69, 9.17) is 21.7 Å². The zero-order valence-corrected chi connectivity index (χ0v) is 15.6. The molecule has 138 valence electrons. The Hall–Kier alpha value is -2.67. The molecule has 0 unspecified atom stereocenters. The Morgan fingerprint density at radius 2 is 1.96 bits per heavy atom. The molecule has 0 atom stereocenters. The van der Waals surface area contributed by atoms with E-state index in [-0.39, 0.29) is 12.4 Å². The Bertz CT molecular complexity index is 768. The van der Waals surface area contributed by atoms with Crippen molar-refractivity contribution in [3.8, 4) is 11.5 Å². The van der Waals surface area contributed by atoms with Gasteiger partial charge in [-0.1, -0.05) is 18.2 Å². The van der Waals surface area contributed by atoms with Crippen molar-refractivity contribution in [3.05, 3.63) is 59.4 Å². The molecule has 0 saturated heterocycles. The van der Waals surface area contributed by atoms with Crippen LogP contribution in [0.3, 0.4) is 0 Å². The molecule has 0 saturated carbocycles. The van der Waals surface area contributed by atoms with Gasteiger partial charge in [0.05, 0.1) is 12.8 Å². The second-order valence-electron chi connectivity index (χ2n) is 5.25. The summed E-state index contributed by atoms with van der Waals surface area (Å²) in [5, 5.41) is 7.47. The van der Waals surface area contributed by atoms with Gasteiger partial charge >= 0.3 is 0 Å². The van der Waals surface area contributed by atoms with Gasteiger partial charge in [-0.3, -0.25) is 5.43 Å². The summed E-state index contributed by atoms with van der Waals surface area (Å²) in [6.45, 7) is 5.17. The van der Waals surface area contributed by atoms with Crippen LogP contribution >= 0.6 is 12.2 Å². The number of halogens is 1.